The summed E-state index contributed by atoms with van der Waals surface area (Å²) < 4.78 is 5.07. The molecule has 2 unspecified atom stereocenters. The van der Waals surface area contributed by atoms with Crippen molar-refractivity contribution < 1.29 is 14.6 Å². The Labute approximate surface area is 115 Å². The summed E-state index contributed by atoms with van der Waals surface area (Å²) >= 11 is 0. The SMILES string of the molecule is CCCC(C(=O)OCC)C(O)c1cccc(C)c1C. The Morgan fingerprint density at radius 2 is 2.00 bits per heavy atom. The van der Waals surface area contributed by atoms with Crippen LogP contribution in [0.3, 0.4) is 0 Å². The number of hydrogen-bond donors (Lipinski definition) is 1. The molecule has 106 valence electrons. The van der Waals surface area contributed by atoms with Crippen LogP contribution in [0, 0.1) is 19.8 Å². The summed E-state index contributed by atoms with van der Waals surface area (Å²) in [4.78, 5) is 12.0. The summed E-state index contributed by atoms with van der Waals surface area (Å²) in [6, 6.07) is 5.80. The quantitative estimate of drug-likeness (QED) is 0.802. The predicted octanol–water partition coefficient (Wildman–Crippen LogP) is 3.32. The number of aliphatic hydroxyl groups is 1. The van der Waals surface area contributed by atoms with Crippen LogP contribution >= 0.6 is 0 Å². The van der Waals surface area contributed by atoms with Gasteiger partial charge in [0.05, 0.1) is 18.6 Å². The highest BCUT2D eigenvalue weighted by Crippen LogP contribution is 2.30. The van der Waals surface area contributed by atoms with Gasteiger partial charge in [-0.3, -0.25) is 4.79 Å². The first kappa shape index (κ1) is 15.7. The Kier molecular flexibility index (Phi) is 6.03. The second kappa shape index (κ2) is 7.29. The fourth-order valence-electron chi connectivity index (χ4n) is 2.28. The average molecular weight is 264 g/mol. The van der Waals surface area contributed by atoms with Crippen LogP contribution in [0.5, 0.6) is 0 Å². The first-order chi connectivity index (χ1) is 9.02. The third-order valence-corrected chi connectivity index (χ3v) is 3.54. The van der Waals surface area contributed by atoms with Crippen molar-refractivity contribution in [1.82, 2.24) is 0 Å². The molecule has 0 spiro atoms. The minimum absolute atomic E-state index is 0.308. The third kappa shape index (κ3) is 3.80. The molecule has 1 rings (SSSR count). The van der Waals surface area contributed by atoms with Gasteiger partial charge in [-0.15, -0.1) is 0 Å². The van der Waals surface area contributed by atoms with Gasteiger partial charge in [-0.2, -0.15) is 0 Å². The van der Waals surface area contributed by atoms with E-state index in [1.54, 1.807) is 6.92 Å². The van der Waals surface area contributed by atoms with E-state index >= 15 is 0 Å². The number of esters is 1. The first-order valence-corrected chi connectivity index (χ1v) is 6.93. The summed E-state index contributed by atoms with van der Waals surface area (Å²) in [5, 5.41) is 10.5. The van der Waals surface area contributed by atoms with Crippen molar-refractivity contribution in [2.75, 3.05) is 6.61 Å². The Morgan fingerprint density at radius 1 is 1.32 bits per heavy atom. The maximum Gasteiger partial charge on any atom is 0.311 e. The van der Waals surface area contributed by atoms with Gasteiger partial charge in [-0.05, 0) is 43.9 Å². The normalized spacial score (nSPS) is 13.9. The molecule has 3 nitrogen and oxygen atoms in total. The Bertz CT molecular complexity index is 426. The van der Waals surface area contributed by atoms with Gasteiger partial charge < -0.3 is 9.84 Å². The third-order valence-electron chi connectivity index (χ3n) is 3.54. The van der Waals surface area contributed by atoms with Gasteiger partial charge >= 0.3 is 5.97 Å². The van der Waals surface area contributed by atoms with Crippen LogP contribution in [0.4, 0.5) is 0 Å². The lowest BCUT2D eigenvalue weighted by Crippen LogP contribution is -2.25. The highest BCUT2D eigenvalue weighted by Gasteiger charge is 2.29. The van der Waals surface area contributed by atoms with E-state index in [1.165, 1.54) is 0 Å². The fourth-order valence-corrected chi connectivity index (χ4v) is 2.28. The Hall–Kier alpha value is -1.35. The first-order valence-electron chi connectivity index (χ1n) is 6.93. The number of benzene rings is 1. The average Bonchev–Trinajstić information content (AvgIpc) is 2.38. The minimum Gasteiger partial charge on any atom is -0.466 e. The number of carbonyl (C=O) groups is 1. The van der Waals surface area contributed by atoms with Gasteiger partial charge in [0.1, 0.15) is 0 Å². The van der Waals surface area contributed by atoms with Crippen LogP contribution in [0.25, 0.3) is 0 Å². The van der Waals surface area contributed by atoms with Gasteiger partial charge in [0.25, 0.3) is 0 Å². The van der Waals surface area contributed by atoms with E-state index < -0.39 is 12.0 Å². The molecule has 0 aromatic heterocycles. The lowest BCUT2D eigenvalue weighted by molar-refractivity contribution is -0.152. The molecule has 19 heavy (non-hydrogen) atoms. The number of rotatable bonds is 6. The molecular weight excluding hydrogens is 240 g/mol. The molecule has 0 aliphatic heterocycles. The maximum atomic E-state index is 12.0. The van der Waals surface area contributed by atoms with Crippen molar-refractivity contribution in [2.45, 2.75) is 46.6 Å². The second-order valence-corrected chi connectivity index (χ2v) is 4.88. The van der Waals surface area contributed by atoms with E-state index in [-0.39, 0.29) is 5.97 Å². The van der Waals surface area contributed by atoms with Gasteiger partial charge in [-0.1, -0.05) is 31.5 Å². The van der Waals surface area contributed by atoms with Gasteiger partial charge in [0.2, 0.25) is 0 Å². The van der Waals surface area contributed by atoms with E-state index in [9.17, 15) is 9.90 Å². The molecule has 0 aliphatic carbocycles. The van der Waals surface area contributed by atoms with Crippen molar-refractivity contribution in [2.24, 2.45) is 5.92 Å². The van der Waals surface area contributed by atoms with Gasteiger partial charge in [0.15, 0.2) is 0 Å². The molecule has 1 aromatic rings. The fraction of sp³-hybridized carbons (Fsp3) is 0.562. The van der Waals surface area contributed by atoms with Crippen molar-refractivity contribution in [1.29, 1.82) is 0 Å². The van der Waals surface area contributed by atoms with Crippen molar-refractivity contribution in [3.05, 3.63) is 34.9 Å². The summed E-state index contributed by atoms with van der Waals surface area (Å²) in [5.41, 5.74) is 2.99. The molecule has 1 aromatic carbocycles. The number of carbonyl (C=O) groups excluding carboxylic acids is 1. The number of ether oxygens (including phenoxy) is 1. The highest BCUT2D eigenvalue weighted by molar-refractivity contribution is 5.73. The number of aryl methyl sites for hydroxylation is 1. The van der Waals surface area contributed by atoms with Crippen LogP contribution < -0.4 is 0 Å². The topological polar surface area (TPSA) is 46.5 Å². The maximum absolute atomic E-state index is 12.0. The molecule has 0 radical (unpaired) electrons. The van der Waals surface area contributed by atoms with E-state index in [0.29, 0.717) is 13.0 Å². The summed E-state index contributed by atoms with van der Waals surface area (Å²) in [5.74, 6) is -0.789. The van der Waals surface area contributed by atoms with Gasteiger partial charge in [0, 0.05) is 0 Å². The predicted molar refractivity (Wildman–Crippen MR) is 75.9 cm³/mol. The molecule has 0 aliphatic rings. The Morgan fingerprint density at radius 3 is 2.58 bits per heavy atom. The molecule has 0 saturated carbocycles. The summed E-state index contributed by atoms with van der Waals surface area (Å²) in [6.07, 6.45) is 0.678. The molecule has 2 atom stereocenters. The largest absolute Gasteiger partial charge is 0.466 e. The molecular formula is C16H24O3. The molecule has 0 saturated heterocycles. The van der Waals surface area contributed by atoms with Crippen molar-refractivity contribution >= 4 is 5.97 Å². The zero-order chi connectivity index (χ0) is 14.4. The van der Waals surface area contributed by atoms with E-state index in [1.807, 2.05) is 39.0 Å². The lowest BCUT2D eigenvalue weighted by Gasteiger charge is -2.23. The molecule has 3 heteroatoms. The zero-order valence-corrected chi connectivity index (χ0v) is 12.3. The van der Waals surface area contributed by atoms with Crippen molar-refractivity contribution in [3.63, 3.8) is 0 Å². The van der Waals surface area contributed by atoms with Gasteiger partial charge in [-0.25, -0.2) is 0 Å². The smallest absolute Gasteiger partial charge is 0.311 e. The number of hydrogen-bond acceptors (Lipinski definition) is 3. The minimum atomic E-state index is -0.793. The van der Waals surface area contributed by atoms with Crippen LogP contribution in [0.15, 0.2) is 18.2 Å². The summed E-state index contributed by atoms with van der Waals surface area (Å²) in [6.45, 7) is 8.11. The Balaban J connectivity index is 3.01. The van der Waals surface area contributed by atoms with E-state index in [2.05, 4.69) is 0 Å². The molecule has 0 bridgehead atoms. The standard InChI is InChI=1S/C16H24O3/c1-5-8-14(16(18)19-6-2)15(17)13-10-7-9-11(3)12(13)4/h7,9-10,14-15,17H,5-6,8H2,1-4H3. The van der Waals surface area contributed by atoms with E-state index in [0.717, 1.165) is 23.1 Å². The second-order valence-electron chi connectivity index (χ2n) is 4.88. The van der Waals surface area contributed by atoms with Crippen LogP contribution in [-0.2, 0) is 9.53 Å². The zero-order valence-electron chi connectivity index (χ0n) is 12.3. The van der Waals surface area contributed by atoms with Crippen LogP contribution in [0.2, 0.25) is 0 Å². The molecule has 0 fully saturated rings. The molecule has 0 amide bonds. The highest BCUT2D eigenvalue weighted by atomic mass is 16.5. The van der Waals surface area contributed by atoms with Crippen LogP contribution in [0.1, 0.15) is 49.5 Å². The van der Waals surface area contributed by atoms with Crippen molar-refractivity contribution in [3.8, 4) is 0 Å². The molecule has 0 heterocycles. The van der Waals surface area contributed by atoms with E-state index in [4.69, 9.17) is 4.74 Å². The summed E-state index contributed by atoms with van der Waals surface area (Å²) in [7, 11) is 0. The number of aliphatic hydroxyl groups excluding tert-OH is 1. The lowest BCUT2D eigenvalue weighted by atomic mass is 9.88. The molecule has 1 N–H and O–H groups in total. The monoisotopic (exact) mass is 264 g/mol. The van der Waals surface area contributed by atoms with Crippen LogP contribution in [-0.4, -0.2) is 17.7 Å².